The first kappa shape index (κ1) is 19.5. The van der Waals surface area contributed by atoms with Crippen molar-refractivity contribution < 1.29 is 18.7 Å². The van der Waals surface area contributed by atoms with Crippen molar-refractivity contribution in [3.05, 3.63) is 71.8 Å². The number of benzene rings is 3. The Hall–Kier alpha value is -3.80. The smallest absolute Gasteiger partial charge is 0.255 e. The van der Waals surface area contributed by atoms with Crippen LogP contribution in [0, 0.1) is 6.92 Å². The minimum atomic E-state index is -0.194. The molecule has 30 heavy (non-hydrogen) atoms. The second-order valence-corrected chi connectivity index (χ2v) is 6.79. The Bertz CT molecular complexity index is 1200. The average molecular weight is 402 g/mol. The molecule has 4 rings (SSSR count). The summed E-state index contributed by atoms with van der Waals surface area (Å²) in [6, 6.07) is 18.3. The van der Waals surface area contributed by atoms with E-state index in [0.717, 1.165) is 22.6 Å². The number of hydrogen-bond acceptors (Lipinski definition) is 5. The van der Waals surface area contributed by atoms with E-state index in [0.29, 0.717) is 34.8 Å². The third-order valence-corrected chi connectivity index (χ3v) is 4.75. The zero-order chi connectivity index (χ0) is 21.1. The SMILES string of the molecule is CCOc1ccc(C(=O)Nc2cc(-c3nc4cc(OC)ccc4o3)ccc2C)cc1. The molecular formula is C24H22N2O4. The van der Waals surface area contributed by atoms with E-state index in [1.54, 1.807) is 31.4 Å². The molecule has 152 valence electrons. The normalized spacial score (nSPS) is 10.8. The topological polar surface area (TPSA) is 73.6 Å². The molecule has 1 N–H and O–H groups in total. The zero-order valence-electron chi connectivity index (χ0n) is 17.1. The first-order valence-corrected chi connectivity index (χ1v) is 9.67. The number of carbonyl (C=O) groups is 1. The number of ether oxygens (including phenoxy) is 2. The van der Waals surface area contributed by atoms with E-state index in [4.69, 9.17) is 13.9 Å². The number of aryl methyl sites for hydroxylation is 1. The summed E-state index contributed by atoms with van der Waals surface area (Å²) in [4.78, 5) is 17.2. The molecule has 0 saturated heterocycles. The Morgan fingerprint density at radius 2 is 1.80 bits per heavy atom. The van der Waals surface area contributed by atoms with Crippen molar-refractivity contribution in [2.24, 2.45) is 0 Å². The molecule has 0 aliphatic heterocycles. The van der Waals surface area contributed by atoms with E-state index < -0.39 is 0 Å². The molecule has 0 aliphatic rings. The minimum absolute atomic E-state index is 0.194. The Morgan fingerprint density at radius 3 is 2.53 bits per heavy atom. The number of oxazole rings is 1. The number of nitrogens with zero attached hydrogens (tertiary/aromatic N) is 1. The van der Waals surface area contributed by atoms with Gasteiger partial charge in [-0.05, 0) is 67.9 Å². The molecule has 0 unspecified atom stereocenters. The average Bonchev–Trinajstić information content (AvgIpc) is 3.19. The van der Waals surface area contributed by atoms with Crippen LogP contribution in [0.2, 0.25) is 0 Å². The molecule has 0 atom stereocenters. The van der Waals surface area contributed by atoms with Gasteiger partial charge < -0.3 is 19.2 Å². The van der Waals surface area contributed by atoms with Gasteiger partial charge in [-0.25, -0.2) is 4.98 Å². The number of carbonyl (C=O) groups excluding carboxylic acids is 1. The van der Waals surface area contributed by atoms with Gasteiger partial charge in [0.25, 0.3) is 5.91 Å². The number of nitrogens with one attached hydrogen (secondary N) is 1. The highest BCUT2D eigenvalue weighted by molar-refractivity contribution is 6.05. The Morgan fingerprint density at radius 1 is 1.03 bits per heavy atom. The van der Waals surface area contributed by atoms with Gasteiger partial charge in [0.2, 0.25) is 5.89 Å². The van der Waals surface area contributed by atoms with Crippen LogP contribution in [0.1, 0.15) is 22.8 Å². The Kier molecular flexibility index (Phi) is 5.39. The van der Waals surface area contributed by atoms with Crippen LogP contribution < -0.4 is 14.8 Å². The zero-order valence-corrected chi connectivity index (χ0v) is 17.1. The molecule has 4 aromatic rings. The summed E-state index contributed by atoms with van der Waals surface area (Å²) < 4.78 is 16.5. The molecule has 0 radical (unpaired) electrons. The molecule has 0 aliphatic carbocycles. The van der Waals surface area contributed by atoms with Crippen molar-refractivity contribution in [2.75, 3.05) is 19.0 Å². The number of aromatic nitrogens is 1. The van der Waals surface area contributed by atoms with Crippen LogP contribution in [0.15, 0.2) is 65.1 Å². The predicted molar refractivity (Wildman–Crippen MR) is 116 cm³/mol. The molecule has 1 amide bonds. The number of anilines is 1. The number of amides is 1. The maximum absolute atomic E-state index is 12.7. The summed E-state index contributed by atoms with van der Waals surface area (Å²) in [6.07, 6.45) is 0. The third kappa shape index (κ3) is 3.98. The van der Waals surface area contributed by atoms with E-state index in [2.05, 4.69) is 10.3 Å². The highest BCUT2D eigenvalue weighted by Gasteiger charge is 2.13. The lowest BCUT2D eigenvalue weighted by Gasteiger charge is -2.10. The monoisotopic (exact) mass is 402 g/mol. The molecule has 0 fully saturated rings. The Labute approximate surface area is 174 Å². The van der Waals surface area contributed by atoms with E-state index in [-0.39, 0.29) is 5.91 Å². The van der Waals surface area contributed by atoms with E-state index >= 15 is 0 Å². The molecular weight excluding hydrogens is 380 g/mol. The predicted octanol–water partition coefficient (Wildman–Crippen LogP) is 5.46. The van der Waals surface area contributed by atoms with Crippen LogP contribution in [-0.2, 0) is 0 Å². The highest BCUT2D eigenvalue weighted by atomic mass is 16.5. The molecule has 0 saturated carbocycles. The summed E-state index contributed by atoms with van der Waals surface area (Å²) in [5, 5.41) is 2.97. The highest BCUT2D eigenvalue weighted by Crippen LogP contribution is 2.29. The van der Waals surface area contributed by atoms with Crippen molar-refractivity contribution in [3.8, 4) is 23.0 Å². The number of hydrogen-bond donors (Lipinski definition) is 1. The van der Waals surface area contributed by atoms with Crippen LogP contribution in [-0.4, -0.2) is 24.6 Å². The maximum atomic E-state index is 12.7. The van der Waals surface area contributed by atoms with Gasteiger partial charge in [-0.2, -0.15) is 0 Å². The van der Waals surface area contributed by atoms with Gasteiger partial charge in [-0.3, -0.25) is 4.79 Å². The van der Waals surface area contributed by atoms with Crippen molar-refractivity contribution in [1.29, 1.82) is 0 Å². The largest absolute Gasteiger partial charge is 0.497 e. The standard InChI is InChI=1S/C24H22N2O4/c1-4-29-18-9-7-16(8-10-18)23(27)25-20-13-17(6-5-15(20)2)24-26-21-14-19(28-3)11-12-22(21)30-24/h5-14H,4H2,1-3H3,(H,25,27). The fourth-order valence-corrected chi connectivity index (χ4v) is 3.11. The number of methoxy groups -OCH3 is 1. The van der Waals surface area contributed by atoms with Gasteiger partial charge in [0.15, 0.2) is 5.58 Å². The van der Waals surface area contributed by atoms with Gasteiger partial charge in [0.05, 0.1) is 13.7 Å². The van der Waals surface area contributed by atoms with Crippen molar-refractivity contribution in [2.45, 2.75) is 13.8 Å². The molecule has 0 bridgehead atoms. The second-order valence-electron chi connectivity index (χ2n) is 6.79. The van der Waals surface area contributed by atoms with E-state index in [1.807, 2.05) is 50.2 Å². The lowest BCUT2D eigenvalue weighted by atomic mass is 10.1. The van der Waals surface area contributed by atoms with Crippen LogP contribution >= 0.6 is 0 Å². The van der Waals surface area contributed by atoms with Gasteiger partial charge in [-0.15, -0.1) is 0 Å². The molecule has 3 aromatic carbocycles. The maximum Gasteiger partial charge on any atom is 0.255 e. The lowest BCUT2D eigenvalue weighted by molar-refractivity contribution is 0.102. The second kappa shape index (κ2) is 8.29. The minimum Gasteiger partial charge on any atom is -0.497 e. The number of fused-ring (bicyclic) bond motifs is 1. The molecule has 1 heterocycles. The van der Waals surface area contributed by atoms with Crippen molar-refractivity contribution in [1.82, 2.24) is 4.98 Å². The molecule has 0 spiro atoms. The van der Waals surface area contributed by atoms with Crippen molar-refractivity contribution >= 4 is 22.7 Å². The van der Waals surface area contributed by atoms with E-state index in [9.17, 15) is 4.79 Å². The van der Waals surface area contributed by atoms with Crippen LogP contribution in [0.3, 0.4) is 0 Å². The van der Waals surface area contributed by atoms with Crippen molar-refractivity contribution in [3.63, 3.8) is 0 Å². The molecule has 1 aromatic heterocycles. The first-order valence-electron chi connectivity index (χ1n) is 9.67. The van der Waals surface area contributed by atoms with Gasteiger partial charge in [-0.1, -0.05) is 6.07 Å². The van der Waals surface area contributed by atoms with Crippen LogP contribution in [0.4, 0.5) is 5.69 Å². The van der Waals surface area contributed by atoms with Gasteiger partial charge in [0.1, 0.15) is 17.0 Å². The summed E-state index contributed by atoms with van der Waals surface area (Å²) in [7, 11) is 1.61. The van der Waals surface area contributed by atoms with Gasteiger partial charge in [0, 0.05) is 22.9 Å². The fraction of sp³-hybridized carbons (Fsp3) is 0.167. The van der Waals surface area contributed by atoms with Crippen LogP contribution in [0.5, 0.6) is 11.5 Å². The first-order chi connectivity index (χ1) is 14.6. The lowest BCUT2D eigenvalue weighted by Crippen LogP contribution is -2.12. The summed E-state index contributed by atoms with van der Waals surface area (Å²) in [5.74, 6) is 1.74. The quantitative estimate of drug-likeness (QED) is 0.463. The third-order valence-electron chi connectivity index (χ3n) is 4.75. The summed E-state index contributed by atoms with van der Waals surface area (Å²) in [6.45, 7) is 4.44. The summed E-state index contributed by atoms with van der Waals surface area (Å²) in [5.41, 5.74) is 4.35. The summed E-state index contributed by atoms with van der Waals surface area (Å²) >= 11 is 0. The van der Waals surface area contributed by atoms with E-state index in [1.165, 1.54) is 0 Å². The van der Waals surface area contributed by atoms with Gasteiger partial charge >= 0.3 is 0 Å². The molecule has 6 nitrogen and oxygen atoms in total. The fourth-order valence-electron chi connectivity index (χ4n) is 3.11. The molecule has 6 heteroatoms. The number of rotatable bonds is 6. The van der Waals surface area contributed by atoms with Crippen LogP contribution in [0.25, 0.3) is 22.6 Å². The Balaban J connectivity index is 1.59.